The Labute approximate surface area is 147 Å². The lowest BCUT2D eigenvalue weighted by atomic mass is 10.1. The van der Waals surface area contributed by atoms with Gasteiger partial charge in [-0.1, -0.05) is 6.07 Å². The van der Waals surface area contributed by atoms with Crippen molar-refractivity contribution in [1.82, 2.24) is 24.0 Å². The van der Waals surface area contributed by atoms with Crippen molar-refractivity contribution in [3.8, 4) is 0 Å². The molecule has 10 nitrogen and oxygen atoms in total. The molecule has 0 bridgehead atoms. The zero-order chi connectivity index (χ0) is 18.9. The first kappa shape index (κ1) is 17.4. The Morgan fingerprint density at radius 3 is 2.77 bits per heavy atom. The zero-order valence-corrected chi connectivity index (χ0v) is 14.3. The fourth-order valence-corrected chi connectivity index (χ4v) is 2.34. The normalized spacial score (nSPS) is 11.6. The van der Waals surface area contributed by atoms with E-state index in [2.05, 4.69) is 15.5 Å². The predicted octanol–water partition coefficient (Wildman–Crippen LogP) is 0.541. The zero-order valence-electron chi connectivity index (χ0n) is 14.3. The number of nitrogens with zero attached hydrogens (tertiary/aromatic N) is 5. The molecule has 3 aromatic heterocycles. The van der Waals surface area contributed by atoms with Crippen LogP contribution in [-0.4, -0.2) is 40.9 Å². The molecule has 3 aromatic rings. The van der Waals surface area contributed by atoms with E-state index in [4.69, 9.17) is 0 Å². The second kappa shape index (κ2) is 6.47. The van der Waals surface area contributed by atoms with E-state index in [1.807, 2.05) is 0 Å². The molecule has 0 aromatic carbocycles. The van der Waals surface area contributed by atoms with Gasteiger partial charge in [-0.05, 0) is 26.0 Å². The van der Waals surface area contributed by atoms with Crippen molar-refractivity contribution in [2.45, 2.75) is 32.4 Å². The van der Waals surface area contributed by atoms with Crippen molar-refractivity contribution >= 4 is 23.2 Å². The van der Waals surface area contributed by atoms with Gasteiger partial charge >= 0.3 is 11.7 Å². The van der Waals surface area contributed by atoms with Gasteiger partial charge < -0.3 is 10.4 Å². The summed E-state index contributed by atoms with van der Waals surface area (Å²) in [6.07, 6.45) is 4.47. The van der Waals surface area contributed by atoms with Crippen LogP contribution in [0.5, 0.6) is 0 Å². The number of rotatable bonds is 6. The number of aromatic nitrogens is 5. The van der Waals surface area contributed by atoms with E-state index in [-0.39, 0.29) is 24.6 Å². The van der Waals surface area contributed by atoms with Crippen molar-refractivity contribution in [2.75, 3.05) is 5.32 Å². The number of amides is 1. The first-order valence-electron chi connectivity index (χ1n) is 7.91. The highest BCUT2D eigenvalue weighted by molar-refractivity contribution is 5.90. The third-order valence-electron chi connectivity index (χ3n) is 4.00. The molecule has 0 radical (unpaired) electrons. The molecule has 0 aliphatic heterocycles. The molecule has 0 atom stereocenters. The third-order valence-corrected chi connectivity index (χ3v) is 4.00. The average Bonchev–Trinajstić information content (AvgIpc) is 3.19. The van der Waals surface area contributed by atoms with Crippen molar-refractivity contribution < 1.29 is 14.7 Å². The van der Waals surface area contributed by atoms with Crippen LogP contribution in [0.3, 0.4) is 0 Å². The Bertz CT molecular complexity index is 1030. The summed E-state index contributed by atoms with van der Waals surface area (Å²) in [4.78, 5) is 35.5. The van der Waals surface area contributed by atoms with Gasteiger partial charge in [-0.25, -0.2) is 14.3 Å². The Morgan fingerprint density at radius 1 is 1.31 bits per heavy atom. The molecule has 0 spiro atoms. The van der Waals surface area contributed by atoms with E-state index >= 15 is 0 Å². The third kappa shape index (κ3) is 3.21. The molecule has 26 heavy (non-hydrogen) atoms. The van der Waals surface area contributed by atoms with Crippen LogP contribution in [0.1, 0.15) is 20.3 Å². The summed E-state index contributed by atoms with van der Waals surface area (Å²) in [6, 6.07) is 5.20. The van der Waals surface area contributed by atoms with Gasteiger partial charge in [-0.2, -0.15) is 5.10 Å². The molecule has 3 heterocycles. The number of aryl methyl sites for hydroxylation is 1. The highest BCUT2D eigenvalue weighted by Gasteiger charge is 2.30. The highest BCUT2D eigenvalue weighted by Crippen LogP contribution is 2.17. The van der Waals surface area contributed by atoms with Crippen LogP contribution in [-0.2, 0) is 21.7 Å². The van der Waals surface area contributed by atoms with Crippen LogP contribution in [0.2, 0.25) is 0 Å². The number of hydrogen-bond acceptors (Lipinski definition) is 5. The van der Waals surface area contributed by atoms with Gasteiger partial charge in [-0.3, -0.25) is 13.9 Å². The number of carbonyl (C=O) groups is 2. The summed E-state index contributed by atoms with van der Waals surface area (Å²) in [5, 5.41) is 20.0. The fourth-order valence-electron chi connectivity index (χ4n) is 2.34. The van der Waals surface area contributed by atoms with Crippen LogP contribution in [0.15, 0.2) is 41.6 Å². The highest BCUT2D eigenvalue weighted by atomic mass is 16.4. The van der Waals surface area contributed by atoms with Gasteiger partial charge in [0.25, 0.3) is 0 Å². The summed E-state index contributed by atoms with van der Waals surface area (Å²) >= 11 is 0. The molecule has 0 aliphatic carbocycles. The Balaban J connectivity index is 1.64. The summed E-state index contributed by atoms with van der Waals surface area (Å²) < 4.78 is 3.89. The number of pyridine rings is 1. The van der Waals surface area contributed by atoms with Crippen LogP contribution >= 0.6 is 0 Å². The van der Waals surface area contributed by atoms with Gasteiger partial charge in [-0.15, -0.1) is 5.10 Å². The number of carboxylic acid groups (broad SMARTS) is 1. The lowest BCUT2D eigenvalue weighted by Crippen LogP contribution is -2.35. The summed E-state index contributed by atoms with van der Waals surface area (Å²) in [7, 11) is 0. The smallest absolute Gasteiger partial charge is 0.350 e. The largest absolute Gasteiger partial charge is 0.479 e. The van der Waals surface area contributed by atoms with Crippen molar-refractivity contribution in [3.63, 3.8) is 0 Å². The molecule has 0 unspecified atom stereocenters. The molecule has 0 fully saturated rings. The molecule has 10 heteroatoms. The van der Waals surface area contributed by atoms with E-state index in [9.17, 15) is 19.5 Å². The first-order chi connectivity index (χ1) is 12.3. The van der Waals surface area contributed by atoms with Gasteiger partial charge in [0, 0.05) is 18.8 Å². The van der Waals surface area contributed by atoms with E-state index < -0.39 is 11.5 Å². The minimum absolute atomic E-state index is 0.0390. The number of nitrogens with one attached hydrogen (secondary N) is 1. The maximum atomic E-state index is 12.1. The maximum absolute atomic E-state index is 12.1. The maximum Gasteiger partial charge on any atom is 0.350 e. The van der Waals surface area contributed by atoms with Crippen molar-refractivity contribution in [1.29, 1.82) is 0 Å². The number of aliphatic carboxylic acids is 1. The van der Waals surface area contributed by atoms with E-state index in [0.717, 1.165) is 0 Å². The number of carboxylic acids is 1. The van der Waals surface area contributed by atoms with Crippen molar-refractivity contribution in [3.05, 3.63) is 47.3 Å². The fraction of sp³-hybridized carbons (Fsp3) is 0.312. The predicted molar refractivity (Wildman–Crippen MR) is 91.9 cm³/mol. The summed E-state index contributed by atoms with van der Waals surface area (Å²) in [6.45, 7) is 3.13. The molecule has 136 valence electrons. The first-order valence-corrected chi connectivity index (χ1v) is 7.91. The quantitative estimate of drug-likeness (QED) is 0.663. The SMILES string of the molecule is CC(C)(C(=O)O)n1cc(NC(=O)CCn2nc3ccccn3c2=O)cn1. The molecule has 3 rings (SSSR count). The molecular formula is C16H18N6O4. The van der Waals surface area contributed by atoms with Gasteiger partial charge in [0.1, 0.15) is 0 Å². The Morgan fingerprint density at radius 2 is 2.08 bits per heavy atom. The Hall–Kier alpha value is -3.43. The van der Waals surface area contributed by atoms with Gasteiger partial charge in [0.05, 0.1) is 18.4 Å². The van der Waals surface area contributed by atoms with Crippen LogP contribution in [0.25, 0.3) is 5.65 Å². The molecular weight excluding hydrogens is 340 g/mol. The molecule has 0 saturated carbocycles. The van der Waals surface area contributed by atoms with E-state index in [0.29, 0.717) is 11.3 Å². The van der Waals surface area contributed by atoms with E-state index in [1.165, 1.54) is 40.0 Å². The van der Waals surface area contributed by atoms with Crippen LogP contribution in [0.4, 0.5) is 5.69 Å². The standard InChI is InChI=1S/C16H18N6O4/c1-16(2,14(24)25)22-10-11(9-17-22)18-13(23)6-8-21-15(26)20-7-4-3-5-12(20)19-21/h3-5,7,9-10H,6,8H2,1-2H3,(H,18,23)(H,24,25). The lowest BCUT2D eigenvalue weighted by molar-refractivity contribution is -0.146. The molecule has 2 N–H and O–H groups in total. The number of fused-ring (bicyclic) bond motifs is 1. The van der Waals surface area contributed by atoms with Crippen LogP contribution < -0.4 is 11.0 Å². The van der Waals surface area contributed by atoms with Crippen molar-refractivity contribution in [2.24, 2.45) is 0 Å². The summed E-state index contributed by atoms with van der Waals surface area (Å²) in [5.74, 6) is -1.37. The van der Waals surface area contributed by atoms with Gasteiger partial charge in [0.15, 0.2) is 11.2 Å². The number of anilines is 1. The lowest BCUT2D eigenvalue weighted by Gasteiger charge is -2.19. The average molecular weight is 358 g/mol. The van der Waals surface area contributed by atoms with Crippen LogP contribution in [0, 0.1) is 0 Å². The molecule has 1 amide bonds. The Kier molecular flexibility index (Phi) is 4.33. The minimum atomic E-state index is -1.23. The monoisotopic (exact) mass is 358 g/mol. The second-order valence-corrected chi connectivity index (χ2v) is 6.27. The number of carbonyl (C=O) groups excluding carboxylic acids is 1. The van der Waals surface area contributed by atoms with E-state index in [1.54, 1.807) is 24.4 Å². The number of hydrogen-bond donors (Lipinski definition) is 2. The molecule has 0 saturated heterocycles. The van der Waals surface area contributed by atoms with Gasteiger partial charge in [0.2, 0.25) is 5.91 Å². The molecule has 0 aliphatic rings. The second-order valence-electron chi connectivity index (χ2n) is 6.27. The topological polar surface area (TPSA) is 124 Å². The minimum Gasteiger partial charge on any atom is -0.479 e. The summed E-state index contributed by atoms with van der Waals surface area (Å²) in [5.41, 5.74) is -0.654.